The van der Waals surface area contributed by atoms with Crippen LogP contribution in [-0.2, 0) is 6.42 Å². The number of rotatable bonds is 3. The minimum absolute atomic E-state index is 0.361. The Morgan fingerprint density at radius 1 is 1.80 bits per heavy atom. The highest BCUT2D eigenvalue weighted by Crippen LogP contribution is 2.10. The van der Waals surface area contributed by atoms with Crippen molar-refractivity contribution in [3.05, 3.63) is 22.4 Å². The van der Waals surface area contributed by atoms with Gasteiger partial charge in [-0.25, -0.2) is 4.84 Å². The molecule has 1 heterocycles. The Bertz CT molecular complexity index is 174. The lowest BCUT2D eigenvalue weighted by Gasteiger charge is -2.04. The van der Waals surface area contributed by atoms with E-state index in [1.807, 2.05) is 0 Å². The molecule has 1 rings (SSSR count). The standard InChI is InChI=1S/C7H10ClNS/c1-6(9-8)5-7-3-2-4-10-7/h2-4,6,9H,5H2,1H3. The van der Waals surface area contributed by atoms with E-state index in [9.17, 15) is 0 Å². The predicted molar refractivity (Wildman–Crippen MR) is 46.5 cm³/mol. The SMILES string of the molecule is CC(Cc1cccs1)NCl. The average Bonchev–Trinajstić information content (AvgIpc) is 2.40. The molecule has 0 aliphatic heterocycles. The van der Waals surface area contributed by atoms with Crippen LogP contribution >= 0.6 is 23.1 Å². The van der Waals surface area contributed by atoms with E-state index < -0.39 is 0 Å². The van der Waals surface area contributed by atoms with E-state index in [1.54, 1.807) is 11.3 Å². The van der Waals surface area contributed by atoms with Gasteiger partial charge in [-0.2, -0.15) is 0 Å². The van der Waals surface area contributed by atoms with Crippen molar-refractivity contribution in [3.63, 3.8) is 0 Å². The fraction of sp³-hybridized carbons (Fsp3) is 0.429. The summed E-state index contributed by atoms with van der Waals surface area (Å²) in [5.74, 6) is 0. The molecule has 0 fully saturated rings. The highest BCUT2D eigenvalue weighted by atomic mass is 35.5. The van der Waals surface area contributed by atoms with Gasteiger partial charge in [-0.15, -0.1) is 11.3 Å². The van der Waals surface area contributed by atoms with Crippen molar-refractivity contribution in [2.75, 3.05) is 0 Å². The summed E-state index contributed by atoms with van der Waals surface area (Å²) in [6, 6.07) is 4.54. The third-order valence-corrected chi connectivity index (χ3v) is 2.54. The molecule has 0 radical (unpaired) electrons. The number of nitrogens with one attached hydrogen (secondary N) is 1. The molecule has 56 valence electrons. The Hall–Kier alpha value is -0.0500. The summed E-state index contributed by atoms with van der Waals surface area (Å²) in [7, 11) is 0. The van der Waals surface area contributed by atoms with E-state index in [2.05, 4.69) is 29.3 Å². The molecule has 1 unspecified atom stereocenters. The molecule has 0 spiro atoms. The molecule has 0 saturated heterocycles. The minimum atomic E-state index is 0.361. The molecule has 0 bridgehead atoms. The van der Waals surface area contributed by atoms with Gasteiger partial charge in [0.05, 0.1) is 0 Å². The maximum absolute atomic E-state index is 5.42. The second kappa shape index (κ2) is 3.96. The molecule has 3 heteroatoms. The first-order valence-electron chi connectivity index (χ1n) is 3.21. The predicted octanol–water partition coefficient (Wildman–Crippen LogP) is 2.42. The van der Waals surface area contributed by atoms with Gasteiger partial charge in [0.1, 0.15) is 0 Å². The number of hydrogen-bond donors (Lipinski definition) is 1. The first kappa shape index (κ1) is 8.05. The van der Waals surface area contributed by atoms with E-state index in [-0.39, 0.29) is 0 Å². The molecule has 1 atom stereocenters. The minimum Gasteiger partial charge on any atom is -0.230 e. The van der Waals surface area contributed by atoms with Crippen molar-refractivity contribution < 1.29 is 0 Å². The smallest absolute Gasteiger partial charge is 0.0240 e. The molecule has 0 aliphatic rings. The maximum Gasteiger partial charge on any atom is 0.0240 e. The van der Waals surface area contributed by atoms with Crippen LogP contribution in [0.2, 0.25) is 0 Å². The van der Waals surface area contributed by atoms with Gasteiger partial charge in [0.15, 0.2) is 0 Å². The third kappa shape index (κ3) is 2.29. The molecule has 0 aromatic carbocycles. The van der Waals surface area contributed by atoms with Crippen molar-refractivity contribution in [1.29, 1.82) is 0 Å². The van der Waals surface area contributed by atoms with Crippen LogP contribution in [0.5, 0.6) is 0 Å². The summed E-state index contributed by atoms with van der Waals surface area (Å²) in [4.78, 5) is 4.06. The second-order valence-electron chi connectivity index (χ2n) is 2.29. The lowest BCUT2D eigenvalue weighted by Crippen LogP contribution is -2.18. The van der Waals surface area contributed by atoms with Gasteiger partial charge in [-0.3, -0.25) is 0 Å². The molecular weight excluding hydrogens is 166 g/mol. The average molecular weight is 176 g/mol. The van der Waals surface area contributed by atoms with Crippen LogP contribution in [0.3, 0.4) is 0 Å². The van der Waals surface area contributed by atoms with Crippen LogP contribution < -0.4 is 4.84 Å². The van der Waals surface area contributed by atoms with E-state index in [4.69, 9.17) is 11.8 Å². The van der Waals surface area contributed by atoms with E-state index in [0.717, 1.165) is 6.42 Å². The van der Waals surface area contributed by atoms with Crippen LogP contribution in [0, 0.1) is 0 Å². The van der Waals surface area contributed by atoms with Crippen molar-refractivity contribution in [2.45, 2.75) is 19.4 Å². The van der Waals surface area contributed by atoms with Gasteiger partial charge >= 0.3 is 0 Å². The zero-order valence-electron chi connectivity index (χ0n) is 5.80. The van der Waals surface area contributed by atoms with Crippen LogP contribution in [0.25, 0.3) is 0 Å². The van der Waals surface area contributed by atoms with E-state index >= 15 is 0 Å². The summed E-state index contributed by atoms with van der Waals surface area (Å²) >= 11 is 7.19. The van der Waals surface area contributed by atoms with Gasteiger partial charge in [0.2, 0.25) is 0 Å². The van der Waals surface area contributed by atoms with E-state index in [0.29, 0.717) is 6.04 Å². The summed E-state index contributed by atoms with van der Waals surface area (Å²) in [6.45, 7) is 2.06. The first-order chi connectivity index (χ1) is 4.83. The molecule has 1 N–H and O–H groups in total. The number of hydrogen-bond acceptors (Lipinski definition) is 2. The van der Waals surface area contributed by atoms with Gasteiger partial charge in [-0.1, -0.05) is 6.07 Å². The second-order valence-corrected chi connectivity index (χ2v) is 3.54. The van der Waals surface area contributed by atoms with E-state index in [1.165, 1.54) is 4.88 Å². The monoisotopic (exact) mass is 175 g/mol. The molecule has 1 aromatic rings. The Kier molecular flexibility index (Phi) is 3.19. The lowest BCUT2D eigenvalue weighted by molar-refractivity contribution is 0.688. The molecule has 0 saturated carbocycles. The quantitative estimate of drug-likeness (QED) is 0.696. The van der Waals surface area contributed by atoms with Gasteiger partial charge < -0.3 is 0 Å². The van der Waals surface area contributed by atoms with Crippen LogP contribution in [-0.4, -0.2) is 6.04 Å². The zero-order chi connectivity index (χ0) is 7.40. The van der Waals surface area contributed by atoms with Crippen LogP contribution in [0.4, 0.5) is 0 Å². The third-order valence-electron chi connectivity index (χ3n) is 1.27. The lowest BCUT2D eigenvalue weighted by atomic mass is 10.2. The maximum atomic E-state index is 5.42. The Morgan fingerprint density at radius 2 is 2.60 bits per heavy atom. The highest BCUT2D eigenvalue weighted by molar-refractivity contribution is 7.09. The van der Waals surface area contributed by atoms with Crippen molar-refractivity contribution in [3.8, 4) is 0 Å². The van der Waals surface area contributed by atoms with Gasteiger partial charge in [0.25, 0.3) is 0 Å². The molecule has 10 heavy (non-hydrogen) atoms. The zero-order valence-corrected chi connectivity index (χ0v) is 7.38. The number of thiophene rings is 1. The molecule has 1 nitrogen and oxygen atoms in total. The Balaban J connectivity index is 2.40. The van der Waals surface area contributed by atoms with Crippen LogP contribution in [0.1, 0.15) is 11.8 Å². The Labute approximate surface area is 70.1 Å². The van der Waals surface area contributed by atoms with Crippen molar-refractivity contribution >= 4 is 23.1 Å². The first-order valence-corrected chi connectivity index (χ1v) is 4.47. The number of halogens is 1. The molecule has 1 aromatic heterocycles. The summed E-state index contributed by atoms with van der Waals surface area (Å²) < 4.78 is 0. The fourth-order valence-electron chi connectivity index (χ4n) is 0.769. The largest absolute Gasteiger partial charge is 0.230 e. The summed E-state index contributed by atoms with van der Waals surface area (Å²) in [6.07, 6.45) is 1.02. The topological polar surface area (TPSA) is 12.0 Å². The van der Waals surface area contributed by atoms with Crippen LogP contribution in [0.15, 0.2) is 17.5 Å². The highest BCUT2D eigenvalue weighted by Gasteiger charge is 2.00. The normalized spacial score (nSPS) is 13.4. The van der Waals surface area contributed by atoms with Gasteiger partial charge in [0, 0.05) is 10.9 Å². The van der Waals surface area contributed by atoms with Crippen molar-refractivity contribution in [1.82, 2.24) is 4.84 Å². The fourth-order valence-corrected chi connectivity index (χ4v) is 1.68. The van der Waals surface area contributed by atoms with Gasteiger partial charge in [-0.05, 0) is 36.6 Å². The summed E-state index contributed by atoms with van der Waals surface area (Å²) in [5.41, 5.74) is 0. The Morgan fingerprint density at radius 3 is 3.10 bits per heavy atom. The molecular formula is C7H10ClNS. The van der Waals surface area contributed by atoms with Crippen molar-refractivity contribution in [2.24, 2.45) is 0 Å². The summed E-state index contributed by atoms with van der Waals surface area (Å²) in [5, 5.41) is 2.08. The molecule has 0 amide bonds. The molecule has 0 aliphatic carbocycles.